The minimum atomic E-state index is -0.571. The first-order valence-corrected chi connectivity index (χ1v) is 4.16. The van der Waals surface area contributed by atoms with Crippen LogP contribution in [0.15, 0.2) is 33.5 Å². The predicted molar refractivity (Wildman–Crippen MR) is 46.2 cm³/mol. The molecule has 1 heterocycles. The summed E-state index contributed by atoms with van der Waals surface area (Å²) in [5.41, 5.74) is -0.0257. The van der Waals surface area contributed by atoms with Crippen LogP contribution < -0.4 is 10.3 Å². The van der Waals surface area contributed by atoms with Gasteiger partial charge in [-0.05, 0) is 12.1 Å². The third-order valence-corrected chi connectivity index (χ3v) is 2.38. The van der Waals surface area contributed by atoms with Crippen LogP contribution in [0.2, 0.25) is 0 Å². The largest absolute Gasteiger partial charge is 0.420 e. The van der Waals surface area contributed by atoms with Gasteiger partial charge in [0.1, 0.15) is 5.58 Å². The van der Waals surface area contributed by atoms with E-state index in [0.717, 1.165) is 16.0 Å². The second-order valence-corrected chi connectivity index (χ2v) is 3.32. The van der Waals surface area contributed by atoms with Gasteiger partial charge in [-0.2, -0.15) is 0 Å². The average molecular weight is 179 g/mol. The van der Waals surface area contributed by atoms with E-state index in [-0.39, 0.29) is 4.67 Å². The Labute approximate surface area is 71.4 Å². The fraction of sp³-hybridized carbons (Fsp3) is 0. The Balaban J connectivity index is 3.03. The maximum Gasteiger partial charge on any atom is 0.372 e. The Kier molecular flexibility index (Phi) is 1.55. The van der Waals surface area contributed by atoms with Crippen molar-refractivity contribution in [3.8, 4) is 0 Å². The molecule has 2 aromatic rings. The van der Waals surface area contributed by atoms with Crippen molar-refractivity contribution in [1.29, 1.82) is 5.41 Å². The van der Waals surface area contributed by atoms with Gasteiger partial charge in [-0.15, -0.1) is 11.3 Å². The van der Waals surface area contributed by atoms with Gasteiger partial charge >= 0.3 is 5.63 Å². The lowest BCUT2D eigenvalue weighted by atomic mass is 10.3. The molecular weight excluding hydrogens is 174 g/mol. The average Bonchev–Trinajstić information content (AvgIpc) is 2.07. The number of hydrogen-bond acceptors (Lipinski definition) is 4. The van der Waals surface area contributed by atoms with Gasteiger partial charge in [0, 0.05) is 0 Å². The van der Waals surface area contributed by atoms with E-state index in [1.165, 1.54) is 0 Å². The fourth-order valence-corrected chi connectivity index (χ4v) is 1.62. The quantitative estimate of drug-likeness (QED) is 0.663. The summed E-state index contributed by atoms with van der Waals surface area (Å²) < 4.78 is 5.62. The second kappa shape index (κ2) is 2.57. The summed E-state index contributed by atoms with van der Waals surface area (Å²) >= 11 is 1.13. The Morgan fingerprint density at radius 1 is 1.33 bits per heavy atom. The van der Waals surface area contributed by atoms with Gasteiger partial charge in [0.05, 0.1) is 4.70 Å². The number of hydrogen-bond donors (Lipinski definition) is 1. The lowest BCUT2D eigenvalue weighted by Gasteiger charge is -1.91. The van der Waals surface area contributed by atoms with Crippen LogP contribution >= 0.6 is 11.3 Å². The number of para-hydroxylation sites is 1. The van der Waals surface area contributed by atoms with E-state index < -0.39 is 5.63 Å². The molecule has 0 fully saturated rings. The van der Waals surface area contributed by atoms with Crippen LogP contribution in [0, 0.1) is 5.41 Å². The van der Waals surface area contributed by atoms with Gasteiger partial charge in [-0.25, -0.2) is 4.79 Å². The molecule has 1 N–H and O–H groups in total. The van der Waals surface area contributed by atoms with E-state index in [0.29, 0.717) is 5.58 Å². The molecule has 12 heavy (non-hydrogen) atoms. The van der Waals surface area contributed by atoms with Gasteiger partial charge in [-0.3, -0.25) is 5.41 Å². The van der Waals surface area contributed by atoms with Crippen molar-refractivity contribution >= 4 is 21.6 Å². The molecule has 0 saturated carbocycles. The zero-order valence-corrected chi connectivity index (χ0v) is 6.85. The SMILES string of the molecule is N=c1sc2ccccc2oc1=O. The van der Waals surface area contributed by atoms with Crippen molar-refractivity contribution in [3.63, 3.8) is 0 Å². The van der Waals surface area contributed by atoms with Gasteiger partial charge in [0.15, 0.2) is 4.67 Å². The lowest BCUT2D eigenvalue weighted by molar-refractivity contribution is 0.555. The molecule has 1 aromatic heterocycles. The number of rotatable bonds is 0. The summed E-state index contributed by atoms with van der Waals surface area (Å²) in [6, 6.07) is 7.17. The third-order valence-electron chi connectivity index (χ3n) is 1.45. The highest BCUT2D eigenvalue weighted by Gasteiger charge is 1.97. The molecule has 4 heteroatoms. The third kappa shape index (κ3) is 1.06. The van der Waals surface area contributed by atoms with Crippen molar-refractivity contribution in [3.05, 3.63) is 39.4 Å². The van der Waals surface area contributed by atoms with Crippen molar-refractivity contribution in [2.75, 3.05) is 0 Å². The first-order valence-electron chi connectivity index (χ1n) is 3.35. The number of benzene rings is 1. The second-order valence-electron chi connectivity index (χ2n) is 2.27. The predicted octanol–water partition coefficient (Wildman–Crippen LogP) is 1.33. The molecule has 0 bridgehead atoms. The highest BCUT2D eigenvalue weighted by Crippen LogP contribution is 2.11. The van der Waals surface area contributed by atoms with Gasteiger partial charge in [0.25, 0.3) is 0 Å². The minimum Gasteiger partial charge on any atom is -0.420 e. The van der Waals surface area contributed by atoms with E-state index in [2.05, 4.69) is 0 Å². The topological polar surface area (TPSA) is 54.1 Å². The van der Waals surface area contributed by atoms with Gasteiger partial charge in [0.2, 0.25) is 0 Å². The van der Waals surface area contributed by atoms with Crippen LogP contribution in [0.5, 0.6) is 0 Å². The van der Waals surface area contributed by atoms with Crippen LogP contribution in [0.25, 0.3) is 10.3 Å². The summed E-state index contributed by atoms with van der Waals surface area (Å²) in [5, 5.41) is 7.21. The number of fused-ring (bicyclic) bond motifs is 1. The Bertz CT molecular complexity index is 478. The maximum absolute atomic E-state index is 10.9. The molecule has 0 spiro atoms. The summed E-state index contributed by atoms with van der Waals surface area (Å²) in [6.45, 7) is 0. The molecule has 0 saturated heterocycles. The molecule has 3 nitrogen and oxygen atoms in total. The smallest absolute Gasteiger partial charge is 0.372 e. The zero-order valence-electron chi connectivity index (χ0n) is 6.03. The van der Waals surface area contributed by atoms with E-state index in [1.807, 2.05) is 12.1 Å². The van der Waals surface area contributed by atoms with Crippen LogP contribution in [-0.4, -0.2) is 0 Å². The summed E-state index contributed by atoms with van der Waals surface area (Å²) in [5.74, 6) is 0. The molecular formula is C8H5NO2S. The molecule has 0 unspecified atom stereocenters. The summed E-state index contributed by atoms with van der Waals surface area (Å²) in [6.07, 6.45) is 0. The van der Waals surface area contributed by atoms with Crippen LogP contribution in [0.1, 0.15) is 0 Å². The molecule has 1 aromatic carbocycles. The standard InChI is InChI=1S/C8H5NO2S/c9-7-8(10)11-5-3-1-2-4-6(5)12-7/h1-4,9H. The first-order chi connectivity index (χ1) is 5.77. The van der Waals surface area contributed by atoms with Crippen LogP contribution in [0.3, 0.4) is 0 Å². The number of nitrogens with one attached hydrogen (secondary N) is 1. The zero-order chi connectivity index (χ0) is 8.55. The molecule has 0 radical (unpaired) electrons. The molecule has 60 valence electrons. The fourth-order valence-electron chi connectivity index (χ4n) is 0.917. The van der Waals surface area contributed by atoms with E-state index in [1.54, 1.807) is 12.1 Å². The first kappa shape index (κ1) is 7.24. The highest BCUT2D eigenvalue weighted by molar-refractivity contribution is 7.15. The minimum absolute atomic E-state index is 0.0614. The van der Waals surface area contributed by atoms with Crippen LogP contribution in [-0.2, 0) is 0 Å². The maximum atomic E-state index is 10.9. The molecule has 0 aliphatic rings. The normalized spacial score (nSPS) is 10.3. The molecule has 0 aliphatic carbocycles. The summed E-state index contributed by atoms with van der Waals surface area (Å²) in [4.78, 5) is 10.9. The Morgan fingerprint density at radius 3 is 2.92 bits per heavy atom. The van der Waals surface area contributed by atoms with E-state index in [4.69, 9.17) is 9.83 Å². The molecule has 0 atom stereocenters. The van der Waals surface area contributed by atoms with E-state index >= 15 is 0 Å². The molecule has 0 amide bonds. The Hall–Kier alpha value is -1.42. The van der Waals surface area contributed by atoms with E-state index in [9.17, 15) is 4.79 Å². The monoisotopic (exact) mass is 179 g/mol. The van der Waals surface area contributed by atoms with Crippen molar-refractivity contribution < 1.29 is 4.42 Å². The van der Waals surface area contributed by atoms with Crippen molar-refractivity contribution in [2.45, 2.75) is 0 Å². The molecule has 0 aliphatic heterocycles. The Morgan fingerprint density at radius 2 is 2.08 bits per heavy atom. The summed E-state index contributed by atoms with van der Waals surface area (Å²) in [7, 11) is 0. The highest BCUT2D eigenvalue weighted by atomic mass is 32.1. The molecule has 2 rings (SSSR count). The van der Waals surface area contributed by atoms with Gasteiger partial charge < -0.3 is 4.42 Å². The van der Waals surface area contributed by atoms with Crippen molar-refractivity contribution in [2.24, 2.45) is 0 Å². The van der Waals surface area contributed by atoms with Crippen molar-refractivity contribution in [1.82, 2.24) is 0 Å². The van der Waals surface area contributed by atoms with Gasteiger partial charge in [-0.1, -0.05) is 12.1 Å². The van der Waals surface area contributed by atoms with Crippen LogP contribution in [0.4, 0.5) is 0 Å². The lowest BCUT2D eigenvalue weighted by Crippen LogP contribution is -2.18.